The number of nitrogens with one attached hydrogen (secondary N) is 1. The molecule has 2 aromatic rings. The fourth-order valence-corrected chi connectivity index (χ4v) is 3.18. The van der Waals surface area contributed by atoms with E-state index in [2.05, 4.69) is 4.72 Å². The number of phenolic OH excluding ortho intramolecular Hbond substituents is 1. The molecule has 0 radical (unpaired) electrons. The molecule has 20 heavy (non-hydrogen) atoms. The molecule has 2 N–H and O–H groups in total. The number of aryl methyl sites for hydroxylation is 2. The molecule has 106 valence electrons. The smallest absolute Gasteiger partial charge is 0.262 e. The van der Waals surface area contributed by atoms with Crippen LogP contribution in [0, 0.1) is 19.7 Å². The summed E-state index contributed by atoms with van der Waals surface area (Å²) in [5.74, 6) is -0.971. The second-order valence-electron chi connectivity index (χ2n) is 4.54. The molecule has 0 heterocycles. The molecule has 0 amide bonds. The Morgan fingerprint density at radius 3 is 2.50 bits per heavy atom. The molecule has 0 aliphatic carbocycles. The van der Waals surface area contributed by atoms with Crippen molar-refractivity contribution in [1.82, 2.24) is 0 Å². The Labute approximate surface area is 116 Å². The minimum Gasteiger partial charge on any atom is -0.506 e. The van der Waals surface area contributed by atoms with Crippen molar-refractivity contribution in [3.05, 3.63) is 53.3 Å². The predicted molar refractivity (Wildman–Crippen MR) is 74.8 cm³/mol. The molecule has 0 unspecified atom stereocenters. The summed E-state index contributed by atoms with van der Waals surface area (Å²) in [4.78, 5) is 0.0983. The Morgan fingerprint density at radius 2 is 1.80 bits per heavy atom. The highest BCUT2D eigenvalue weighted by molar-refractivity contribution is 7.92. The fourth-order valence-electron chi connectivity index (χ4n) is 1.79. The standard InChI is InChI=1S/C14H14FNO3S/c1-9-3-4-10(2)14(7-9)20(18,19)16-12-8-11(15)5-6-13(12)17/h3-8,16-17H,1-2H3. The van der Waals surface area contributed by atoms with E-state index in [-0.39, 0.29) is 16.3 Å². The van der Waals surface area contributed by atoms with E-state index in [0.717, 1.165) is 23.8 Å². The third-order valence-electron chi connectivity index (χ3n) is 2.84. The van der Waals surface area contributed by atoms with Crippen LogP contribution in [0.15, 0.2) is 41.3 Å². The highest BCUT2D eigenvalue weighted by atomic mass is 32.2. The summed E-state index contributed by atoms with van der Waals surface area (Å²) in [6, 6.07) is 8.08. The molecule has 0 fully saturated rings. The summed E-state index contributed by atoms with van der Waals surface area (Å²) in [7, 11) is -3.88. The maximum absolute atomic E-state index is 13.1. The van der Waals surface area contributed by atoms with Crippen LogP contribution in [0.25, 0.3) is 0 Å². The van der Waals surface area contributed by atoms with Crippen LogP contribution in [0.4, 0.5) is 10.1 Å². The second-order valence-corrected chi connectivity index (χ2v) is 6.19. The van der Waals surface area contributed by atoms with Crippen LogP contribution in [0.5, 0.6) is 5.75 Å². The number of rotatable bonds is 3. The molecular formula is C14H14FNO3S. The van der Waals surface area contributed by atoms with Crippen molar-refractivity contribution in [2.75, 3.05) is 4.72 Å². The monoisotopic (exact) mass is 295 g/mol. The summed E-state index contributed by atoms with van der Waals surface area (Å²) in [5, 5.41) is 9.58. The third-order valence-corrected chi connectivity index (χ3v) is 4.34. The molecule has 2 rings (SSSR count). The normalized spacial score (nSPS) is 11.3. The zero-order valence-electron chi connectivity index (χ0n) is 11.0. The van der Waals surface area contributed by atoms with E-state index >= 15 is 0 Å². The van der Waals surface area contributed by atoms with Gasteiger partial charge in [0, 0.05) is 6.07 Å². The molecule has 4 nitrogen and oxygen atoms in total. The van der Waals surface area contributed by atoms with Gasteiger partial charge in [0.2, 0.25) is 0 Å². The number of aromatic hydroxyl groups is 1. The SMILES string of the molecule is Cc1ccc(C)c(S(=O)(=O)Nc2cc(F)ccc2O)c1. The number of benzene rings is 2. The Bertz CT molecular complexity index is 757. The van der Waals surface area contributed by atoms with E-state index in [0.29, 0.717) is 5.56 Å². The Balaban J connectivity index is 2.46. The lowest BCUT2D eigenvalue weighted by atomic mass is 10.2. The van der Waals surface area contributed by atoms with Crippen LogP contribution in [0.1, 0.15) is 11.1 Å². The van der Waals surface area contributed by atoms with E-state index in [1.54, 1.807) is 26.0 Å². The zero-order valence-corrected chi connectivity index (χ0v) is 11.8. The number of hydrogen-bond acceptors (Lipinski definition) is 3. The van der Waals surface area contributed by atoms with Crippen LogP contribution in [-0.4, -0.2) is 13.5 Å². The van der Waals surface area contributed by atoms with Gasteiger partial charge in [-0.1, -0.05) is 12.1 Å². The molecule has 0 spiro atoms. The lowest BCUT2D eigenvalue weighted by molar-refractivity contribution is 0.475. The molecule has 0 saturated heterocycles. The van der Waals surface area contributed by atoms with E-state index in [1.807, 2.05) is 0 Å². The first-order valence-corrected chi connectivity index (χ1v) is 7.36. The minimum atomic E-state index is -3.88. The first-order valence-electron chi connectivity index (χ1n) is 5.88. The van der Waals surface area contributed by atoms with Gasteiger partial charge in [-0.2, -0.15) is 0 Å². The van der Waals surface area contributed by atoms with Crippen LogP contribution in [0.2, 0.25) is 0 Å². The quantitative estimate of drug-likeness (QED) is 0.856. The van der Waals surface area contributed by atoms with Gasteiger partial charge in [-0.3, -0.25) is 4.72 Å². The molecular weight excluding hydrogens is 281 g/mol. The Kier molecular flexibility index (Phi) is 3.67. The summed E-state index contributed by atoms with van der Waals surface area (Å²) in [5.41, 5.74) is 1.17. The molecule has 0 aliphatic heterocycles. The maximum atomic E-state index is 13.1. The summed E-state index contributed by atoms with van der Waals surface area (Å²) in [6.07, 6.45) is 0. The van der Waals surface area contributed by atoms with Crippen molar-refractivity contribution in [1.29, 1.82) is 0 Å². The number of phenols is 1. The van der Waals surface area contributed by atoms with E-state index in [4.69, 9.17) is 0 Å². The zero-order chi connectivity index (χ0) is 14.9. The van der Waals surface area contributed by atoms with E-state index in [9.17, 15) is 17.9 Å². The minimum absolute atomic E-state index is 0.0983. The van der Waals surface area contributed by atoms with Crippen LogP contribution in [0.3, 0.4) is 0 Å². The lowest BCUT2D eigenvalue weighted by Gasteiger charge is -2.12. The summed E-state index contributed by atoms with van der Waals surface area (Å²) in [6.45, 7) is 3.44. The number of anilines is 1. The van der Waals surface area contributed by atoms with Crippen LogP contribution in [-0.2, 0) is 10.0 Å². The van der Waals surface area contributed by atoms with Gasteiger partial charge in [0.1, 0.15) is 11.6 Å². The first kappa shape index (κ1) is 14.3. The van der Waals surface area contributed by atoms with Gasteiger partial charge < -0.3 is 5.11 Å². The van der Waals surface area contributed by atoms with Crippen molar-refractivity contribution >= 4 is 15.7 Å². The van der Waals surface area contributed by atoms with Gasteiger partial charge in [-0.25, -0.2) is 12.8 Å². The van der Waals surface area contributed by atoms with Gasteiger partial charge in [0.25, 0.3) is 10.0 Å². The highest BCUT2D eigenvalue weighted by Crippen LogP contribution is 2.27. The Morgan fingerprint density at radius 1 is 1.10 bits per heavy atom. The summed E-state index contributed by atoms with van der Waals surface area (Å²) >= 11 is 0. The van der Waals surface area contributed by atoms with E-state index in [1.165, 1.54) is 6.07 Å². The topological polar surface area (TPSA) is 66.4 Å². The predicted octanol–water partition coefficient (Wildman–Crippen LogP) is 2.95. The summed E-state index contributed by atoms with van der Waals surface area (Å²) < 4.78 is 39.9. The average molecular weight is 295 g/mol. The van der Waals surface area contributed by atoms with Crippen molar-refractivity contribution < 1.29 is 17.9 Å². The molecule has 0 aliphatic rings. The molecule has 6 heteroatoms. The molecule has 0 atom stereocenters. The van der Waals surface area contributed by atoms with Crippen molar-refractivity contribution in [2.24, 2.45) is 0 Å². The average Bonchev–Trinajstić information content (AvgIpc) is 2.36. The molecule has 0 bridgehead atoms. The number of sulfonamides is 1. The molecule has 2 aromatic carbocycles. The largest absolute Gasteiger partial charge is 0.506 e. The van der Waals surface area contributed by atoms with Gasteiger partial charge in [-0.15, -0.1) is 0 Å². The number of halogens is 1. The highest BCUT2D eigenvalue weighted by Gasteiger charge is 2.19. The fraction of sp³-hybridized carbons (Fsp3) is 0.143. The van der Waals surface area contributed by atoms with Crippen molar-refractivity contribution in [3.63, 3.8) is 0 Å². The second kappa shape index (κ2) is 5.13. The van der Waals surface area contributed by atoms with Gasteiger partial charge in [0.15, 0.2) is 0 Å². The van der Waals surface area contributed by atoms with E-state index < -0.39 is 15.8 Å². The van der Waals surface area contributed by atoms with Gasteiger partial charge >= 0.3 is 0 Å². The molecule has 0 saturated carbocycles. The van der Waals surface area contributed by atoms with Crippen LogP contribution >= 0.6 is 0 Å². The van der Waals surface area contributed by atoms with Crippen molar-refractivity contribution in [3.8, 4) is 5.75 Å². The maximum Gasteiger partial charge on any atom is 0.262 e. The first-order chi connectivity index (χ1) is 9.29. The van der Waals surface area contributed by atoms with Gasteiger partial charge in [0.05, 0.1) is 10.6 Å². The Hall–Kier alpha value is -2.08. The van der Waals surface area contributed by atoms with Gasteiger partial charge in [-0.05, 0) is 43.2 Å². The number of hydrogen-bond donors (Lipinski definition) is 2. The van der Waals surface area contributed by atoms with Crippen LogP contribution < -0.4 is 4.72 Å². The van der Waals surface area contributed by atoms with Crippen molar-refractivity contribution in [2.45, 2.75) is 18.7 Å². The lowest BCUT2D eigenvalue weighted by Crippen LogP contribution is -2.14. The molecule has 0 aromatic heterocycles. The third kappa shape index (κ3) is 2.91.